The molecule has 9 nitrogen and oxygen atoms in total. The molecule has 1 fully saturated rings. The van der Waals surface area contributed by atoms with E-state index in [1.807, 2.05) is 42.5 Å². The first-order chi connectivity index (χ1) is 16.5. The Morgan fingerprint density at radius 2 is 2.18 bits per heavy atom. The minimum absolute atomic E-state index is 0.0334. The van der Waals surface area contributed by atoms with E-state index in [9.17, 15) is 14.0 Å². The van der Waals surface area contributed by atoms with Gasteiger partial charge in [-0.25, -0.2) is 4.39 Å². The molecule has 2 N–H and O–H groups in total. The van der Waals surface area contributed by atoms with Gasteiger partial charge < -0.3 is 10.2 Å². The number of likely N-dealkylation sites (N-methyl/N-ethyl adjacent to an activating group) is 1. The summed E-state index contributed by atoms with van der Waals surface area (Å²) in [6.45, 7) is 1.56. The Morgan fingerprint density at radius 1 is 1.29 bits per heavy atom. The van der Waals surface area contributed by atoms with E-state index in [0.717, 1.165) is 27.9 Å². The van der Waals surface area contributed by atoms with Gasteiger partial charge in [-0.15, -0.1) is 10.2 Å². The number of fused-ring (bicyclic) bond motifs is 1. The number of hydrogen-bond acceptors (Lipinski definition) is 6. The normalized spacial score (nSPS) is 18.5. The first kappa shape index (κ1) is 22.1. The van der Waals surface area contributed by atoms with Crippen molar-refractivity contribution in [3.8, 4) is 11.4 Å². The number of H-pyrrole nitrogens is 1. The molecular formula is C24H26FN7O2. The summed E-state index contributed by atoms with van der Waals surface area (Å²) in [6, 6.07) is 13.1. The highest BCUT2D eigenvalue weighted by atomic mass is 19.1. The van der Waals surface area contributed by atoms with Crippen LogP contribution in [0.3, 0.4) is 0 Å². The van der Waals surface area contributed by atoms with Gasteiger partial charge in [-0.3, -0.25) is 14.5 Å². The minimum Gasteiger partial charge on any atom is -0.337 e. The molecule has 0 radical (unpaired) electrons. The van der Waals surface area contributed by atoms with E-state index in [4.69, 9.17) is 0 Å². The van der Waals surface area contributed by atoms with Gasteiger partial charge in [0, 0.05) is 37.9 Å². The lowest BCUT2D eigenvalue weighted by Gasteiger charge is -2.32. The summed E-state index contributed by atoms with van der Waals surface area (Å²) < 4.78 is 13.9. The van der Waals surface area contributed by atoms with Crippen LogP contribution in [0.25, 0.3) is 11.4 Å². The van der Waals surface area contributed by atoms with Gasteiger partial charge in [0.15, 0.2) is 0 Å². The summed E-state index contributed by atoms with van der Waals surface area (Å²) in [7, 11) is 1.78. The van der Waals surface area contributed by atoms with E-state index >= 15 is 0 Å². The Hall–Kier alpha value is -3.66. The van der Waals surface area contributed by atoms with Crippen LogP contribution < -0.4 is 5.32 Å². The Kier molecular flexibility index (Phi) is 6.06. The smallest absolute Gasteiger partial charge is 0.228 e. The molecule has 176 valence electrons. The van der Waals surface area contributed by atoms with E-state index in [0.29, 0.717) is 38.3 Å². The van der Waals surface area contributed by atoms with Crippen LogP contribution in [0.15, 0.2) is 42.5 Å². The molecule has 2 amide bonds. The van der Waals surface area contributed by atoms with Gasteiger partial charge in [-0.05, 0) is 40.5 Å². The largest absolute Gasteiger partial charge is 0.337 e. The molecule has 1 saturated heterocycles. The zero-order chi connectivity index (χ0) is 23.7. The third kappa shape index (κ3) is 4.67. The molecule has 0 spiro atoms. The van der Waals surface area contributed by atoms with Crippen LogP contribution in [0.5, 0.6) is 0 Å². The number of aromatic nitrogens is 4. The molecular weight excluding hydrogens is 437 g/mol. The molecule has 0 aliphatic carbocycles. The van der Waals surface area contributed by atoms with Gasteiger partial charge >= 0.3 is 0 Å². The molecule has 3 heterocycles. The molecule has 2 aromatic carbocycles. The highest BCUT2D eigenvalue weighted by molar-refractivity contribution is 5.99. The minimum atomic E-state index is -0.839. The average Bonchev–Trinajstić information content (AvgIpc) is 3.57. The molecule has 2 atom stereocenters. The van der Waals surface area contributed by atoms with Crippen LogP contribution in [0, 0.1) is 0 Å². The van der Waals surface area contributed by atoms with Crippen LogP contribution >= 0.6 is 0 Å². The SMILES string of the molecule is CN(C(=O)Cc1ccc2c(c1)NC(=O)C2)[C@H](CN1CCC(F)C1)c1cccc(-c2nn[nH]n2)c1. The molecule has 2 aliphatic rings. The van der Waals surface area contributed by atoms with Crippen molar-refractivity contribution >= 4 is 17.5 Å². The second-order valence-corrected chi connectivity index (χ2v) is 8.92. The lowest BCUT2D eigenvalue weighted by Crippen LogP contribution is -2.39. The van der Waals surface area contributed by atoms with Gasteiger partial charge in [0.05, 0.1) is 18.9 Å². The molecule has 0 saturated carbocycles. The van der Waals surface area contributed by atoms with Gasteiger partial charge in [0.2, 0.25) is 17.6 Å². The third-order valence-electron chi connectivity index (χ3n) is 6.54. The molecule has 1 aromatic heterocycles. The summed E-state index contributed by atoms with van der Waals surface area (Å²) in [5.41, 5.74) is 4.26. The third-order valence-corrected chi connectivity index (χ3v) is 6.54. The Bertz CT molecular complexity index is 1200. The first-order valence-corrected chi connectivity index (χ1v) is 11.3. The molecule has 0 bridgehead atoms. The zero-order valence-corrected chi connectivity index (χ0v) is 18.9. The van der Waals surface area contributed by atoms with E-state index in [2.05, 4.69) is 30.8 Å². The van der Waals surface area contributed by atoms with Crippen LogP contribution in [0.4, 0.5) is 10.1 Å². The van der Waals surface area contributed by atoms with Gasteiger partial charge in [0.1, 0.15) is 6.17 Å². The quantitative estimate of drug-likeness (QED) is 0.556. The topological polar surface area (TPSA) is 107 Å². The predicted molar refractivity (Wildman–Crippen MR) is 124 cm³/mol. The average molecular weight is 464 g/mol. The Morgan fingerprint density at radius 3 is 2.94 bits per heavy atom. The lowest BCUT2D eigenvalue weighted by atomic mass is 10.0. The van der Waals surface area contributed by atoms with Crippen LogP contribution in [-0.2, 0) is 22.4 Å². The van der Waals surface area contributed by atoms with Crippen molar-refractivity contribution in [2.45, 2.75) is 31.5 Å². The van der Waals surface area contributed by atoms with E-state index in [1.54, 1.807) is 11.9 Å². The Balaban J connectivity index is 1.38. The number of anilines is 1. The number of nitrogens with zero attached hydrogens (tertiary/aromatic N) is 5. The molecule has 3 aromatic rings. The van der Waals surface area contributed by atoms with Crippen molar-refractivity contribution in [3.05, 3.63) is 59.2 Å². The molecule has 34 heavy (non-hydrogen) atoms. The number of likely N-dealkylation sites (tertiary alicyclic amines) is 1. The number of aromatic amines is 1. The standard InChI is InChI=1S/C24H26FN7O2/c1-31(23(34)10-15-5-6-16-12-22(33)26-20(16)9-15)21(14-32-8-7-19(25)13-32)17-3-2-4-18(11-17)24-27-29-30-28-24/h2-6,9,11,19,21H,7-8,10,12-14H2,1H3,(H,26,33)(H,27,28,29,30)/t19?,21-/m1/s1. The summed E-state index contributed by atoms with van der Waals surface area (Å²) in [5.74, 6) is 0.379. The van der Waals surface area contributed by atoms with Crippen molar-refractivity contribution in [2.75, 3.05) is 32.0 Å². The van der Waals surface area contributed by atoms with Gasteiger partial charge in [-0.2, -0.15) is 5.21 Å². The highest BCUT2D eigenvalue weighted by Gasteiger charge is 2.29. The maximum Gasteiger partial charge on any atom is 0.228 e. The second-order valence-electron chi connectivity index (χ2n) is 8.92. The Labute approximate surface area is 196 Å². The number of nitrogens with one attached hydrogen (secondary N) is 2. The van der Waals surface area contributed by atoms with Crippen LogP contribution in [0.1, 0.15) is 29.2 Å². The molecule has 1 unspecified atom stereocenters. The lowest BCUT2D eigenvalue weighted by molar-refractivity contribution is -0.131. The fourth-order valence-electron chi connectivity index (χ4n) is 4.66. The van der Waals surface area contributed by atoms with Crippen molar-refractivity contribution < 1.29 is 14.0 Å². The summed E-state index contributed by atoms with van der Waals surface area (Å²) in [5, 5.41) is 17.0. The number of halogens is 1. The fourth-order valence-corrected chi connectivity index (χ4v) is 4.66. The maximum absolute atomic E-state index is 13.9. The second kappa shape index (κ2) is 9.30. The van der Waals surface area contributed by atoms with E-state index in [1.165, 1.54) is 0 Å². The number of benzene rings is 2. The molecule has 2 aliphatic heterocycles. The number of alkyl halides is 1. The first-order valence-electron chi connectivity index (χ1n) is 11.3. The van der Waals surface area contributed by atoms with Gasteiger partial charge in [0.25, 0.3) is 0 Å². The summed E-state index contributed by atoms with van der Waals surface area (Å²) >= 11 is 0. The van der Waals surface area contributed by atoms with Crippen LogP contribution in [-0.4, -0.2) is 75.1 Å². The summed E-state index contributed by atoms with van der Waals surface area (Å²) in [6.07, 6.45) is 0.239. The molecule has 5 rings (SSSR count). The van der Waals surface area contributed by atoms with Crippen molar-refractivity contribution in [1.82, 2.24) is 30.4 Å². The van der Waals surface area contributed by atoms with E-state index < -0.39 is 6.17 Å². The highest BCUT2D eigenvalue weighted by Crippen LogP contribution is 2.28. The maximum atomic E-state index is 13.9. The van der Waals surface area contributed by atoms with Gasteiger partial charge in [-0.1, -0.05) is 30.3 Å². The van der Waals surface area contributed by atoms with E-state index in [-0.39, 0.29) is 24.3 Å². The predicted octanol–water partition coefficient (Wildman–Crippen LogP) is 2.15. The monoisotopic (exact) mass is 463 g/mol. The zero-order valence-electron chi connectivity index (χ0n) is 18.9. The number of carbonyl (C=O) groups excluding carboxylic acids is 2. The van der Waals surface area contributed by atoms with Crippen molar-refractivity contribution in [2.24, 2.45) is 0 Å². The summed E-state index contributed by atoms with van der Waals surface area (Å²) in [4.78, 5) is 28.8. The number of carbonyl (C=O) groups is 2. The van der Waals surface area contributed by atoms with Crippen molar-refractivity contribution in [1.29, 1.82) is 0 Å². The number of rotatable bonds is 7. The van der Waals surface area contributed by atoms with Crippen LogP contribution in [0.2, 0.25) is 0 Å². The molecule has 10 heteroatoms. The number of tetrazole rings is 1. The fraction of sp³-hybridized carbons (Fsp3) is 0.375. The van der Waals surface area contributed by atoms with Crippen molar-refractivity contribution in [3.63, 3.8) is 0 Å². The number of hydrogen-bond donors (Lipinski definition) is 2. The number of amides is 2.